The van der Waals surface area contributed by atoms with Gasteiger partial charge in [0.15, 0.2) is 0 Å². The van der Waals surface area contributed by atoms with Crippen molar-refractivity contribution in [3.05, 3.63) is 63.2 Å². The van der Waals surface area contributed by atoms with E-state index in [0.29, 0.717) is 49.5 Å². The summed E-state index contributed by atoms with van der Waals surface area (Å²) in [6.07, 6.45) is 1.49. The number of morpholine rings is 1. The molecular formula is C24H29N9O3. The highest BCUT2D eigenvalue weighted by Gasteiger charge is 2.18. The second kappa shape index (κ2) is 11.0. The van der Waals surface area contributed by atoms with E-state index in [1.54, 1.807) is 31.1 Å². The van der Waals surface area contributed by atoms with Crippen LogP contribution in [0.5, 0.6) is 0 Å². The van der Waals surface area contributed by atoms with Crippen molar-refractivity contribution in [1.29, 1.82) is 0 Å². The van der Waals surface area contributed by atoms with Crippen molar-refractivity contribution in [1.82, 2.24) is 15.0 Å². The van der Waals surface area contributed by atoms with Crippen LogP contribution < -0.4 is 20.5 Å². The van der Waals surface area contributed by atoms with E-state index in [1.807, 2.05) is 36.9 Å². The zero-order chi connectivity index (χ0) is 25.7. The molecule has 0 radical (unpaired) electrons. The van der Waals surface area contributed by atoms with Crippen molar-refractivity contribution in [2.75, 3.05) is 60.9 Å². The predicted octanol–water partition coefficient (Wildman–Crippen LogP) is 3.49. The first kappa shape index (κ1) is 24.8. The molecule has 1 fully saturated rings. The molecule has 188 valence electrons. The Kier molecular flexibility index (Phi) is 7.54. The summed E-state index contributed by atoms with van der Waals surface area (Å²) in [6, 6.07) is 11.0. The van der Waals surface area contributed by atoms with Crippen LogP contribution in [0.3, 0.4) is 0 Å². The highest BCUT2D eigenvalue weighted by atomic mass is 16.6. The molecule has 2 aromatic carbocycles. The van der Waals surface area contributed by atoms with Crippen molar-refractivity contribution in [3.8, 4) is 0 Å². The number of hydrogen-bond acceptors (Lipinski definition) is 11. The zero-order valence-corrected chi connectivity index (χ0v) is 20.7. The van der Waals surface area contributed by atoms with Crippen LogP contribution in [-0.2, 0) is 4.74 Å². The second-order valence-corrected chi connectivity index (χ2v) is 8.60. The van der Waals surface area contributed by atoms with E-state index in [4.69, 9.17) is 4.74 Å². The largest absolute Gasteiger partial charge is 0.378 e. The summed E-state index contributed by atoms with van der Waals surface area (Å²) >= 11 is 0. The minimum Gasteiger partial charge on any atom is -0.378 e. The molecule has 0 atom stereocenters. The topological polar surface area (TPSA) is 134 Å². The lowest BCUT2D eigenvalue weighted by Crippen LogP contribution is -2.37. The van der Waals surface area contributed by atoms with Crippen molar-refractivity contribution < 1.29 is 9.66 Å². The van der Waals surface area contributed by atoms with Gasteiger partial charge in [0, 0.05) is 44.5 Å². The number of ether oxygens (including phenoxy) is 1. The van der Waals surface area contributed by atoms with Gasteiger partial charge in [0.2, 0.25) is 17.8 Å². The molecule has 3 aromatic rings. The monoisotopic (exact) mass is 491 g/mol. The number of aromatic nitrogens is 3. The van der Waals surface area contributed by atoms with Crippen LogP contribution in [0.4, 0.5) is 34.9 Å². The van der Waals surface area contributed by atoms with Gasteiger partial charge in [0.25, 0.3) is 5.69 Å². The highest BCUT2D eigenvalue weighted by Crippen LogP contribution is 2.27. The van der Waals surface area contributed by atoms with Gasteiger partial charge < -0.3 is 19.9 Å². The van der Waals surface area contributed by atoms with Gasteiger partial charge in [-0.2, -0.15) is 20.1 Å². The second-order valence-electron chi connectivity index (χ2n) is 8.60. The number of nitrogens with zero attached hydrogens (tertiary/aromatic N) is 7. The molecule has 36 heavy (non-hydrogen) atoms. The number of rotatable bonds is 8. The number of nitro groups is 1. The van der Waals surface area contributed by atoms with E-state index in [-0.39, 0.29) is 11.6 Å². The van der Waals surface area contributed by atoms with Gasteiger partial charge in [-0.05, 0) is 37.1 Å². The Morgan fingerprint density at radius 2 is 1.83 bits per heavy atom. The van der Waals surface area contributed by atoms with Crippen LogP contribution in [0.1, 0.15) is 16.7 Å². The molecule has 1 aliphatic rings. The summed E-state index contributed by atoms with van der Waals surface area (Å²) in [7, 11) is 3.52. The van der Waals surface area contributed by atoms with Gasteiger partial charge in [0.1, 0.15) is 5.69 Å². The molecule has 0 bridgehead atoms. The predicted molar refractivity (Wildman–Crippen MR) is 141 cm³/mol. The fourth-order valence-electron chi connectivity index (χ4n) is 3.68. The Morgan fingerprint density at radius 3 is 2.56 bits per heavy atom. The van der Waals surface area contributed by atoms with E-state index in [9.17, 15) is 10.1 Å². The Bertz CT molecular complexity index is 1270. The van der Waals surface area contributed by atoms with E-state index in [2.05, 4.69) is 30.8 Å². The van der Waals surface area contributed by atoms with Crippen LogP contribution >= 0.6 is 0 Å². The van der Waals surface area contributed by atoms with Crippen molar-refractivity contribution >= 4 is 41.1 Å². The highest BCUT2D eigenvalue weighted by molar-refractivity contribution is 5.83. The summed E-state index contributed by atoms with van der Waals surface area (Å²) in [5, 5.41) is 19.0. The standard InChI is InChI=1S/C24H29N9O3/c1-16-5-6-17(2)19(13-16)26-22-27-23(29-24(28-22)32-9-11-36-12-10-32)30-25-15-18-7-8-20(31(3)4)21(14-18)33(34)35/h5-8,13-15H,9-12H2,1-4H3,(H2,26,27,28,29,30). The maximum atomic E-state index is 11.5. The molecule has 0 amide bonds. The lowest BCUT2D eigenvalue weighted by molar-refractivity contribution is -0.384. The number of anilines is 5. The van der Waals surface area contributed by atoms with Crippen LogP contribution in [0.2, 0.25) is 0 Å². The smallest absolute Gasteiger partial charge is 0.293 e. The Labute approximate surface area is 209 Å². The minimum atomic E-state index is -0.411. The molecule has 2 N–H and O–H groups in total. The molecule has 1 aliphatic heterocycles. The maximum absolute atomic E-state index is 11.5. The molecule has 1 aromatic heterocycles. The summed E-state index contributed by atoms with van der Waals surface area (Å²) in [4.78, 5) is 28.4. The molecule has 0 saturated carbocycles. The Hall–Kier alpha value is -4.32. The van der Waals surface area contributed by atoms with Crippen LogP contribution in [0.15, 0.2) is 41.5 Å². The number of nitro benzene ring substituents is 1. The van der Waals surface area contributed by atoms with Crippen LogP contribution in [0.25, 0.3) is 0 Å². The number of benzene rings is 2. The molecule has 12 heteroatoms. The summed E-state index contributed by atoms with van der Waals surface area (Å²) in [6.45, 7) is 6.54. The van der Waals surface area contributed by atoms with Gasteiger partial charge in [-0.1, -0.05) is 18.2 Å². The number of hydrogen-bond donors (Lipinski definition) is 2. The molecule has 1 saturated heterocycles. The number of nitrogens with one attached hydrogen (secondary N) is 2. The molecule has 0 spiro atoms. The Balaban J connectivity index is 1.60. The summed E-state index contributed by atoms with van der Waals surface area (Å²) in [5.74, 6) is 1.13. The third-order valence-corrected chi connectivity index (χ3v) is 5.61. The molecule has 12 nitrogen and oxygen atoms in total. The lowest BCUT2D eigenvalue weighted by atomic mass is 10.1. The summed E-state index contributed by atoms with van der Waals surface area (Å²) < 4.78 is 5.45. The normalized spacial score (nSPS) is 13.6. The zero-order valence-electron chi connectivity index (χ0n) is 20.7. The van der Waals surface area contributed by atoms with Crippen molar-refractivity contribution in [2.45, 2.75) is 13.8 Å². The van der Waals surface area contributed by atoms with Crippen molar-refractivity contribution in [2.24, 2.45) is 5.10 Å². The van der Waals surface area contributed by atoms with E-state index in [1.165, 1.54) is 12.3 Å². The first-order valence-electron chi connectivity index (χ1n) is 11.5. The molecule has 0 unspecified atom stereocenters. The van der Waals surface area contributed by atoms with Crippen LogP contribution in [0, 0.1) is 24.0 Å². The average Bonchev–Trinajstić information content (AvgIpc) is 2.86. The van der Waals surface area contributed by atoms with Gasteiger partial charge >= 0.3 is 0 Å². The van der Waals surface area contributed by atoms with Crippen LogP contribution in [-0.4, -0.2) is 66.5 Å². The fraction of sp³-hybridized carbons (Fsp3) is 0.333. The molecular weight excluding hydrogens is 462 g/mol. The number of aryl methyl sites for hydroxylation is 2. The Morgan fingerprint density at radius 1 is 1.08 bits per heavy atom. The molecule has 4 rings (SSSR count). The lowest BCUT2D eigenvalue weighted by Gasteiger charge is -2.27. The number of hydrazone groups is 1. The SMILES string of the molecule is Cc1ccc(C)c(Nc2nc(NN=Cc3ccc(N(C)C)c([N+](=O)[O-])c3)nc(N3CCOCC3)n2)c1. The van der Waals surface area contributed by atoms with Crippen molar-refractivity contribution in [3.63, 3.8) is 0 Å². The quantitative estimate of drug-likeness (QED) is 0.274. The fourth-order valence-corrected chi connectivity index (χ4v) is 3.68. The maximum Gasteiger partial charge on any atom is 0.293 e. The van der Waals surface area contributed by atoms with Gasteiger partial charge in [-0.25, -0.2) is 5.43 Å². The van der Waals surface area contributed by atoms with E-state index < -0.39 is 4.92 Å². The molecule has 2 heterocycles. The van der Waals surface area contributed by atoms with Gasteiger partial charge in [-0.15, -0.1) is 0 Å². The summed E-state index contributed by atoms with van der Waals surface area (Å²) in [5.41, 5.74) is 6.99. The first-order chi connectivity index (χ1) is 17.3. The third-order valence-electron chi connectivity index (χ3n) is 5.61. The third kappa shape index (κ3) is 6.02. The average molecular weight is 492 g/mol. The molecule has 0 aliphatic carbocycles. The first-order valence-corrected chi connectivity index (χ1v) is 11.5. The van der Waals surface area contributed by atoms with Gasteiger partial charge in [-0.3, -0.25) is 10.1 Å². The minimum absolute atomic E-state index is 0.00118. The van der Waals surface area contributed by atoms with E-state index in [0.717, 1.165) is 16.8 Å². The van der Waals surface area contributed by atoms with Gasteiger partial charge in [0.05, 0.1) is 24.4 Å². The van der Waals surface area contributed by atoms with E-state index >= 15 is 0 Å².